The molecular formula is C15H10N2O3. The molecule has 3 aromatic rings. The van der Waals surface area contributed by atoms with Gasteiger partial charge < -0.3 is 9.47 Å². The summed E-state index contributed by atoms with van der Waals surface area (Å²) in [5.41, 5.74) is 1.83. The molecule has 3 heterocycles. The molecule has 20 heavy (non-hydrogen) atoms. The summed E-state index contributed by atoms with van der Waals surface area (Å²) in [6, 6.07) is 10.8. The molecule has 0 N–H and O–H groups in total. The first-order valence-electron chi connectivity index (χ1n) is 6.19. The SMILES string of the molecule is O=C(c1ccc2c(c1)OCO2)c1cnc2ccccn12. The van der Waals surface area contributed by atoms with Crippen molar-refractivity contribution in [2.45, 2.75) is 0 Å². The third kappa shape index (κ3) is 1.56. The average molecular weight is 266 g/mol. The van der Waals surface area contributed by atoms with Gasteiger partial charge in [0, 0.05) is 11.8 Å². The topological polar surface area (TPSA) is 52.8 Å². The van der Waals surface area contributed by atoms with Crippen molar-refractivity contribution in [3.63, 3.8) is 0 Å². The van der Waals surface area contributed by atoms with E-state index in [1.165, 1.54) is 0 Å². The smallest absolute Gasteiger partial charge is 0.231 e. The Kier molecular flexibility index (Phi) is 2.26. The lowest BCUT2D eigenvalue weighted by Crippen LogP contribution is -2.04. The van der Waals surface area contributed by atoms with Crippen LogP contribution in [-0.2, 0) is 0 Å². The van der Waals surface area contributed by atoms with Crippen LogP contribution in [0.3, 0.4) is 0 Å². The Bertz CT molecular complexity index is 823. The van der Waals surface area contributed by atoms with E-state index in [1.807, 2.05) is 24.4 Å². The van der Waals surface area contributed by atoms with Gasteiger partial charge in [-0.05, 0) is 30.3 Å². The molecule has 2 aromatic heterocycles. The first-order valence-corrected chi connectivity index (χ1v) is 6.19. The Balaban J connectivity index is 1.80. The maximum Gasteiger partial charge on any atom is 0.231 e. The van der Waals surface area contributed by atoms with E-state index in [4.69, 9.17) is 9.47 Å². The van der Waals surface area contributed by atoms with Crippen molar-refractivity contribution in [3.8, 4) is 11.5 Å². The largest absolute Gasteiger partial charge is 0.454 e. The van der Waals surface area contributed by atoms with Gasteiger partial charge in [0.25, 0.3) is 0 Å². The number of pyridine rings is 1. The minimum absolute atomic E-state index is 0.0954. The zero-order chi connectivity index (χ0) is 13.5. The summed E-state index contributed by atoms with van der Waals surface area (Å²) in [7, 11) is 0. The standard InChI is InChI=1S/C15H10N2O3/c18-15(10-4-5-12-13(7-10)20-9-19-12)11-8-16-14-3-1-2-6-17(11)14/h1-8H,9H2. The molecule has 0 amide bonds. The third-order valence-corrected chi connectivity index (χ3v) is 3.28. The Labute approximate surface area is 114 Å². The lowest BCUT2D eigenvalue weighted by molar-refractivity contribution is 0.103. The van der Waals surface area contributed by atoms with Gasteiger partial charge in [0.2, 0.25) is 12.6 Å². The fraction of sp³-hybridized carbons (Fsp3) is 0.0667. The second-order valence-corrected chi connectivity index (χ2v) is 4.47. The van der Waals surface area contributed by atoms with E-state index in [-0.39, 0.29) is 12.6 Å². The van der Waals surface area contributed by atoms with Crippen LogP contribution in [0.15, 0.2) is 48.8 Å². The molecule has 98 valence electrons. The summed E-state index contributed by atoms with van der Waals surface area (Å²) in [5.74, 6) is 1.17. The number of ether oxygens (including phenoxy) is 2. The molecule has 0 saturated carbocycles. The number of fused-ring (bicyclic) bond motifs is 2. The van der Waals surface area contributed by atoms with E-state index in [2.05, 4.69) is 4.98 Å². The second kappa shape index (κ2) is 4.09. The highest BCUT2D eigenvalue weighted by Gasteiger charge is 2.19. The molecule has 0 unspecified atom stereocenters. The summed E-state index contributed by atoms with van der Waals surface area (Å²) in [4.78, 5) is 16.8. The van der Waals surface area contributed by atoms with E-state index in [9.17, 15) is 4.79 Å². The van der Waals surface area contributed by atoms with Gasteiger partial charge in [-0.3, -0.25) is 9.20 Å². The van der Waals surface area contributed by atoms with Crippen molar-refractivity contribution in [3.05, 3.63) is 60.0 Å². The highest BCUT2D eigenvalue weighted by Crippen LogP contribution is 2.33. The predicted molar refractivity (Wildman–Crippen MR) is 71.2 cm³/mol. The molecule has 0 bridgehead atoms. The number of carbonyl (C=O) groups excluding carboxylic acids is 1. The maximum atomic E-state index is 12.6. The van der Waals surface area contributed by atoms with Crippen LogP contribution < -0.4 is 9.47 Å². The molecule has 1 aliphatic rings. The van der Waals surface area contributed by atoms with Gasteiger partial charge in [0.05, 0.1) is 6.20 Å². The number of aromatic nitrogens is 2. The minimum atomic E-state index is -0.0954. The second-order valence-electron chi connectivity index (χ2n) is 4.47. The van der Waals surface area contributed by atoms with Crippen molar-refractivity contribution in [2.24, 2.45) is 0 Å². The monoisotopic (exact) mass is 266 g/mol. The molecule has 0 spiro atoms. The number of imidazole rings is 1. The van der Waals surface area contributed by atoms with Gasteiger partial charge in [-0.1, -0.05) is 6.07 Å². The van der Waals surface area contributed by atoms with Gasteiger partial charge in [-0.25, -0.2) is 4.98 Å². The zero-order valence-electron chi connectivity index (χ0n) is 10.4. The van der Waals surface area contributed by atoms with Crippen LogP contribution in [-0.4, -0.2) is 22.0 Å². The van der Waals surface area contributed by atoms with Crippen molar-refractivity contribution < 1.29 is 14.3 Å². The van der Waals surface area contributed by atoms with Crippen molar-refractivity contribution in [1.82, 2.24) is 9.38 Å². The van der Waals surface area contributed by atoms with Crippen molar-refractivity contribution >= 4 is 11.4 Å². The third-order valence-electron chi connectivity index (χ3n) is 3.28. The van der Waals surface area contributed by atoms with E-state index in [0.717, 1.165) is 5.65 Å². The summed E-state index contributed by atoms with van der Waals surface area (Å²) in [6.45, 7) is 0.197. The first kappa shape index (κ1) is 11.0. The average Bonchev–Trinajstić information content (AvgIpc) is 3.12. The molecule has 0 saturated heterocycles. The highest BCUT2D eigenvalue weighted by molar-refractivity contribution is 6.08. The lowest BCUT2D eigenvalue weighted by Gasteiger charge is -2.02. The zero-order valence-corrected chi connectivity index (χ0v) is 10.4. The van der Waals surface area contributed by atoms with E-state index in [1.54, 1.807) is 28.8 Å². The predicted octanol–water partition coefficient (Wildman–Crippen LogP) is 2.29. The quantitative estimate of drug-likeness (QED) is 0.668. The molecule has 1 aliphatic heterocycles. The number of benzene rings is 1. The van der Waals surface area contributed by atoms with Crippen LogP contribution in [0.2, 0.25) is 0 Å². The van der Waals surface area contributed by atoms with Gasteiger partial charge in [-0.15, -0.1) is 0 Å². The molecule has 0 atom stereocenters. The normalized spacial score (nSPS) is 12.8. The van der Waals surface area contributed by atoms with Crippen LogP contribution in [0.1, 0.15) is 16.1 Å². The number of ketones is 1. The van der Waals surface area contributed by atoms with Gasteiger partial charge >= 0.3 is 0 Å². The first-order chi connectivity index (χ1) is 9.83. The number of carbonyl (C=O) groups is 1. The summed E-state index contributed by atoms with van der Waals surface area (Å²) >= 11 is 0. The molecule has 0 aliphatic carbocycles. The van der Waals surface area contributed by atoms with Crippen LogP contribution in [0.4, 0.5) is 0 Å². The molecule has 1 aromatic carbocycles. The van der Waals surface area contributed by atoms with Crippen molar-refractivity contribution in [2.75, 3.05) is 6.79 Å². The number of nitrogens with zero attached hydrogens (tertiary/aromatic N) is 2. The van der Waals surface area contributed by atoms with Gasteiger partial charge in [-0.2, -0.15) is 0 Å². The summed E-state index contributed by atoms with van der Waals surface area (Å²) < 4.78 is 12.3. The fourth-order valence-electron chi connectivity index (χ4n) is 2.29. The Morgan fingerprint density at radius 2 is 2.05 bits per heavy atom. The maximum absolute atomic E-state index is 12.6. The van der Waals surface area contributed by atoms with Gasteiger partial charge in [0.15, 0.2) is 11.5 Å². The van der Waals surface area contributed by atoms with E-state index >= 15 is 0 Å². The fourth-order valence-corrected chi connectivity index (χ4v) is 2.29. The van der Waals surface area contributed by atoms with Crippen molar-refractivity contribution in [1.29, 1.82) is 0 Å². The van der Waals surface area contributed by atoms with Crippen LogP contribution in [0.25, 0.3) is 5.65 Å². The molecule has 5 nitrogen and oxygen atoms in total. The van der Waals surface area contributed by atoms with Crippen LogP contribution in [0.5, 0.6) is 11.5 Å². The Hall–Kier alpha value is -2.82. The highest BCUT2D eigenvalue weighted by atomic mass is 16.7. The number of hydrogen-bond donors (Lipinski definition) is 0. The summed E-state index contributed by atoms with van der Waals surface area (Å²) in [6.07, 6.45) is 3.41. The van der Waals surface area contributed by atoms with E-state index in [0.29, 0.717) is 22.8 Å². The molecule has 0 radical (unpaired) electrons. The lowest BCUT2D eigenvalue weighted by atomic mass is 10.1. The van der Waals surface area contributed by atoms with Gasteiger partial charge in [0.1, 0.15) is 11.3 Å². The van der Waals surface area contributed by atoms with E-state index < -0.39 is 0 Å². The number of hydrogen-bond acceptors (Lipinski definition) is 4. The minimum Gasteiger partial charge on any atom is -0.454 e. The molecule has 4 rings (SSSR count). The molecule has 0 fully saturated rings. The van der Waals surface area contributed by atoms with Crippen LogP contribution in [0, 0.1) is 0 Å². The molecule has 5 heteroatoms. The molecular weight excluding hydrogens is 256 g/mol. The summed E-state index contributed by atoms with van der Waals surface area (Å²) in [5, 5.41) is 0. The Morgan fingerprint density at radius 1 is 1.15 bits per heavy atom. The Morgan fingerprint density at radius 3 is 3.00 bits per heavy atom. The number of rotatable bonds is 2. The van der Waals surface area contributed by atoms with Crippen LogP contribution >= 0.6 is 0 Å².